The Kier molecular flexibility index (Phi) is 4.15. The first-order chi connectivity index (χ1) is 17.6. The van der Waals surface area contributed by atoms with E-state index in [-0.39, 0.29) is 56.5 Å². The van der Waals surface area contributed by atoms with Crippen molar-refractivity contribution in [1.29, 1.82) is 0 Å². The molecule has 36 heavy (non-hydrogen) atoms. The minimum atomic E-state index is -0.940. The van der Waals surface area contributed by atoms with Crippen molar-refractivity contribution < 1.29 is 23.9 Å². The summed E-state index contributed by atoms with van der Waals surface area (Å²) >= 11 is 0. The molecule has 0 atom stereocenters. The monoisotopic (exact) mass is 468 g/mol. The first-order valence-corrected chi connectivity index (χ1v) is 11.6. The molecule has 0 fully saturated rings. The van der Waals surface area contributed by atoms with Gasteiger partial charge in [0.25, 0.3) is 0 Å². The molecule has 1 heterocycles. The maximum absolute atomic E-state index is 13.9. The number of rotatable bonds is 1. The fourth-order valence-corrected chi connectivity index (χ4v) is 5.53. The standard InChI is InChI=1S/C31H16O5/c32-26-19-11-3-5-13-21(19)28(34)30-24(26)23(18-15-7-9-16-8-1-2-10-17(16)18)25-27(33)20-12-4-6-14-22(20)29(35)31(25)36-30/h1-15,23H. The third-order valence-corrected chi connectivity index (χ3v) is 7.14. The highest BCUT2D eigenvalue weighted by atomic mass is 16.5. The predicted molar refractivity (Wildman–Crippen MR) is 132 cm³/mol. The zero-order chi connectivity index (χ0) is 24.6. The topological polar surface area (TPSA) is 77.5 Å². The number of carbonyl (C=O) groups is 4. The van der Waals surface area contributed by atoms with Crippen LogP contribution in [0.25, 0.3) is 10.8 Å². The molecule has 0 saturated carbocycles. The van der Waals surface area contributed by atoms with E-state index in [4.69, 9.17) is 4.74 Å². The molecule has 1 aliphatic heterocycles. The molecule has 3 aliphatic rings. The second-order valence-corrected chi connectivity index (χ2v) is 9.00. The van der Waals surface area contributed by atoms with Gasteiger partial charge in [0.05, 0.1) is 17.1 Å². The molecule has 0 spiro atoms. The molecule has 0 amide bonds. The molecule has 4 aromatic carbocycles. The lowest BCUT2D eigenvalue weighted by molar-refractivity contribution is 0.0822. The molecule has 7 rings (SSSR count). The second kappa shape index (κ2) is 7.30. The molecule has 0 unspecified atom stereocenters. The number of hydrogen-bond acceptors (Lipinski definition) is 5. The molecule has 4 aromatic rings. The summed E-state index contributed by atoms with van der Waals surface area (Å²) in [5.41, 5.74) is 1.80. The Morgan fingerprint density at radius 3 is 1.47 bits per heavy atom. The van der Waals surface area contributed by atoms with Gasteiger partial charge in [0.1, 0.15) is 0 Å². The summed E-state index contributed by atoms with van der Waals surface area (Å²) in [6.45, 7) is 0. The van der Waals surface area contributed by atoms with Crippen LogP contribution in [-0.2, 0) is 4.74 Å². The smallest absolute Gasteiger partial charge is 0.229 e. The van der Waals surface area contributed by atoms with Gasteiger partial charge in [-0.05, 0) is 16.3 Å². The van der Waals surface area contributed by atoms with E-state index < -0.39 is 17.5 Å². The third-order valence-electron chi connectivity index (χ3n) is 7.14. The highest BCUT2D eigenvalue weighted by Gasteiger charge is 2.49. The summed E-state index contributed by atoms with van der Waals surface area (Å²) in [5.74, 6) is -3.03. The Morgan fingerprint density at radius 1 is 0.472 bits per heavy atom. The van der Waals surface area contributed by atoms with Gasteiger partial charge in [-0.1, -0.05) is 91.0 Å². The summed E-state index contributed by atoms with van der Waals surface area (Å²) in [7, 11) is 0. The summed E-state index contributed by atoms with van der Waals surface area (Å²) in [6, 6.07) is 26.4. The summed E-state index contributed by atoms with van der Waals surface area (Å²) < 4.78 is 5.96. The fourth-order valence-electron chi connectivity index (χ4n) is 5.53. The van der Waals surface area contributed by atoms with Gasteiger partial charge in [-0.3, -0.25) is 19.2 Å². The molecular formula is C31H16O5. The summed E-state index contributed by atoms with van der Waals surface area (Å²) in [6.07, 6.45) is 0. The molecule has 5 heteroatoms. The van der Waals surface area contributed by atoms with E-state index in [0.29, 0.717) is 5.56 Å². The maximum atomic E-state index is 13.9. The van der Waals surface area contributed by atoms with Crippen LogP contribution in [0.2, 0.25) is 0 Å². The number of benzene rings is 4. The first kappa shape index (κ1) is 20.5. The van der Waals surface area contributed by atoms with Crippen LogP contribution in [0, 0.1) is 0 Å². The van der Waals surface area contributed by atoms with E-state index in [0.717, 1.165) is 10.8 Å². The molecule has 0 aromatic heterocycles. The van der Waals surface area contributed by atoms with Gasteiger partial charge in [-0.2, -0.15) is 0 Å². The Morgan fingerprint density at radius 2 is 0.917 bits per heavy atom. The van der Waals surface area contributed by atoms with Gasteiger partial charge >= 0.3 is 0 Å². The van der Waals surface area contributed by atoms with Crippen molar-refractivity contribution in [1.82, 2.24) is 0 Å². The van der Waals surface area contributed by atoms with Crippen LogP contribution in [0.5, 0.6) is 0 Å². The number of Topliss-reactive ketones (excluding diaryl/α,β-unsaturated/α-hetero) is 4. The quantitative estimate of drug-likeness (QED) is 0.362. The Bertz CT molecular complexity index is 1690. The highest BCUT2D eigenvalue weighted by Crippen LogP contribution is 2.49. The molecule has 0 N–H and O–H groups in total. The normalized spacial score (nSPS) is 17.0. The third kappa shape index (κ3) is 2.59. The van der Waals surface area contributed by atoms with Crippen LogP contribution in [0.1, 0.15) is 52.9 Å². The molecule has 170 valence electrons. The molecule has 0 saturated heterocycles. The molecule has 5 nitrogen and oxygen atoms in total. The van der Waals surface area contributed by atoms with Gasteiger partial charge in [-0.25, -0.2) is 0 Å². The SMILES string of the molecule is O=C1C2=C(C(=O)c3ccccc31)C(c1cccc3ccccc13)C1=C(O2)C(=O)c2ccccc2C1=O. The molecular weight excluding hydrogens is 452 g/mol. The van der Waals surface area contributed by atoms with Crippen molar-refractivity contribution >= 4 is 33.9 Å². The average Bonchev–Trinajstić information content (AvgIpc) is 2.93. The number of carbonyl (C=O) groups excluding carboxylic acids is 4. The van der Waals surface area contributed by atoms with Gasteiger partial charge in [-0.15, -0.1) is 0 Å². The lowest BCUT2D eigenvalue weighted by Crippen LogP contribution is -2.37. The van der Waals surface area contributed by atoms with E-state index in [9.17, 15) is 19.2 Å². The van der Waals surface area contributed by atoms with Crippen LogP contribution < -0.4 is 0 Å². The first-order valence-electron chi connectivity index (χ1n) is 11.6. The number of ether oxygens (including phenoxy) is 1. The Labute approximate surface area is 205 Å². The summed E-state index contributed by atoms with van der Waals surface area (Å²) in [4.78, 5) is 55.0. The Hall–Kier alpha value is -4.90. The van der Waals surface area contributed by atoms with Crippen molar-refractivity contribution in [2.45, 2.75) is 5.92 Å². The van der Waals surface area contributed by atoms with E-state index in [2.05, 4.69) is 0 Å². The zero-order valence-corrected chi connectivity index (χ0v) is 18.8. The van der Waals surface area contributed by atoms with Crippen LogP contribution in [0.15, 0.2) is 114 Å². The molecule has 2 aliphatic carbocycles. The zero-order valence-electron chi connectivity index (χ0n) is 18.8. The van der Waals surface area contributed by atoms with Crippen LogP contribution in [0.3, 0.4) is 0 Å². The minimum absolute atomic E-state index is 0.0920. The lowest BCUT2D eigenvalue weighted by Gasteiger charge is -2.35. The maximum Gasteiger partial charge on any atom is 0.229 e. The summed E-state index contributed by atoms with van der Waals surface area (Å²) in [5, 5.41) is 1.74. The van der Waals surface area contributed by atoms with E-state index in [1.165, 1.54) is 0 Å². The molecule has 0 bridgehead atoms. The lowest BCUT2D eigenvalue weighted by atomic mass is 9.70. The van der Waals surface area contributed by atoms with Crippen LogP contribution in [0.4, 0.5) is 0 Å². The Balaban J connectivity index is 1.57. The van der Waals surface area contributed by atoms with Crippen molar-refractivity contribution in [3.05, 3.63) is 141 Å². The predicted octanol–water partition coefficient (Wildman–Crippen LogP) is 5.62. The van der Waals surface area contributed by atoms with E-state index in [1.807, 2.05) is 42.5 Å². The van der Waals surface area contributed by atoms with Crippen molar-refractivity contribution in [3.63, 3.8) is 0 Å². The van der Waals surface area contributed by atoms with Crippen LogP contribution >= 0.6 is 0 Å². The number of hydrogen-bond donors (Lipinski definition) is 0. The number of ketones is 4. The van der Waals surface area contributed by atoms with Crippen LogP contribution in [-0.4, -0.2) is 23.1 Å². The van der Waals surface area contributed by atoms with Crippen molar-refractivity contribution in [3.8, 4) is 0 Å². The number of allylic oxidation sites excluding steroid dienone is 4. The van der Waals surface area contributed by atoms with E-state index in [1.54, 1.807) is 48.5 Å². The minimum Gasteiger partial charge on any atom is -0.448 e. The average molecular weight is 468 g/mol. The fraction of sp³-hybridized carbons (Fsp3) is 0.0323. The number of fused-ring (bicyclic) bond motifs is 3. The molecule has 0 radical (unpaired) electrons. The second-order valence-electron chi connectivity index (χ2n) is 9.00. The highest BCUT2D eigenvalue weighted by molar-refractivity contribution is 6.32. The van der Waals surface area contributed by atoms with E-state index >= 15 is 0 Å². The largest absolute Gasteiger partial charge is 0.448 e. The van der Waals surface area contributed by atoms with Crippen molar-refractivity contribution in [2.75, 3.05) is 0 Å². The van der Waals surface area contributed by atoms with Gasteiger partial charge in [0.15, 0.2) is 23.1 Å². The van der Waals surface area contributed by atoms with Gasteiger partial charge in [0.2, 0.25) is 11.6 Å². The van der Waals surface area contributed by atoms with Gasteiger partial charge in [0, 0.05) is 22.3 Å². The van der Waals surface area contributed by atoms with Gasteiger partial charge < -0.3 is 4.74 Å². The van der Waals surface area contributed by atoms with Crippen molar-refractivity contribution in [2.24, 2.45) is 0 Å².